The number of carboxylic acids is 1. The van der Waals surface area contributed by atoms with Crippen molar-refractivity contribution in [3.63, 3.8) is 0 Å². The van der Waals surface area contributed by atoms with Crippen LogP contribution in [0.15, 0.2) is 102 Å². The topological polar surface area (TPSA) is 90.5 Å². The molecule has 0 aliphatic rings. The normalized spacial score (nSPS) is 9.55. The summed E-state index contributed by atoms with van der Waals surface area (Å²) in [6.07, 6.45) is 0. The van der Waals surface area contributed by atoms with E-state index in [4.69, 9.17) is 5.11 Å². The quantitative estimate of drug-likeness (QED) is 0.370. The summed E-state index contributed by atoms with van der Waals surface area (Å²) in [5, 5.41) is 8.69. The average molecular weight is 447 g/mol. The monoisotopic (exact) mass is 446 g/mol. The number of carboxylic acid groups (broad SMARTS) is 1. The van der Waals surface area contributed by atoms with Crippen LogP contribution in [0.4, 0.5) is 0 Å². The summed E-state index contributed by atoms with van der Waals surface area (Å²) < 4.78 is 8.18. The first-order valence-corrected chi connectivity index (χ1v) is 10.1. The molecule has 1 N–H and O–H groups in total. The van der Waals surface area contributed by atoms with Crippen molar-refractivity contribution < 1.29 is 19.4 Å². The van der Waals surface area contributed by atoms with Gasteiger partial charge in [0.1, 0.15) is 11.3 Å². The van der Waals surface area contributed by atoms with Crippen LogP contribution in [0.2, 0.25) is 0 Å². The van der Waals surface area contributed by atoms with Crippen molar-refractivity contribution in [2.45, 2.75) is 13.8 Å². The molecule has 0 saturated heterocycles. The van der Waals surface area contributed by atoms with Gasteiger partial charge in [-0.15, -0.1) is 0 Å². The van der Waals surface area contributed by atoms with Crippen molar-refractivity contribution in [3.05, 3.63) is 119 Å². The number of ether oxygens (including phenoxy) is 1. The number of benzene rings is 3. The van der Waals surface area contributed by atoms with Crippen molar-refractivity contribution in [1.29, 1.82) is 0 Å². The number of aryl methyl sites for hydroxylation is 1. The van der Waals surface area contributed by atoms with Crippen LogP contribution in [0.1, 0.15) is 23.0 Å². The summed E-state index contributed by atoms with van der Waals surface area (Å²) >= 11 is 0. The fourth-order valence-electron chi connectivity index (χ4n) is 2.78. The minimum absolute atomic E-state index is 0.0104. The van der Waals surface area contributed by atoms with E-state index in [0.717, 1.165) is 11.4 Å². The number of para-hydroxylation sites is 2. The number of rotatable bonds is 3. The lowest BCUT2D eigenvalue weighted by molar-refractivity contribution is -0.131. The van der Waals surface area contributed by atoms with E-state index in [-0.39, 0.29) is 16.9 Å². The summed E-state index contributed by atoms with van der Waals surface area (Å²) in [5.74, 6) is -1.58. The first-order chi connectivity index (χ1) is 15.8. The Morgan fingerprint density at radius 2 is 1.30 bits per heavy atom. The number of esters is 1. The number of hydrogen-bond donors (Lipinski definition) is 1. The maximum Gasteiger partial charge on any atom is 0.339 e. The number of aromatic nitrogens is 2. The molecule has 0 aliphatic carbocycles. The van der Waals surface area contributed by atoms with E-state index in [2.05, 4.69) is 4.74 Å². The van der Waals surface area contributed by atoms with Crippen LogP contribution in [0.5, 0.6) is 5.75 Å². The zero-order chi connectivity index (χ0) is 24.2. The van der Waals surface area contributed by atoms with Crippen molar-refractivity contribution in [2.24, 2.45) is 7.05 Å². The van der Waals surface area contributed by atoms with Gasteiger partial charge in [-0.05, 0) is 31.2 Å². The van der Waals surface area contributed by atoms with Gasteiger partial charge < -0.3 is 9.84 Å². The highest BCUT2D eigenvalue weighted by atomic mass is 16.5. The van der Waals surface area contributed by atoms with Crippen molar-refractivity contribution >= 4 is 11.9 Å². The largest absolute Gasteiger partial charge is 0.478 e. The minimum Gasteiger partial charge on any atom is -0.478 e. The Hall–Kier alpha value is -4.39. The zero-order valence-corrected chi connectivity index (χ0v) is 18.7. The van der Waals surface area contributed by atoms with Gasteiger partial charge >= 0.3 is 11.9 Å². The average Bonchev–Trinajstić information content (AvgIpc) is 3.07. The highest BCUT2D eigenvalue weighted by Gasteiger charge is 2.11. The molecule has 1 heterocycles. The molecule has 0 fully saturated rings. The minimum atomic E-state index is -1.11. The Bertz CT molecular complexity index is 1200. The molecule has 0 spiro atoms. The van der Waals surface area contributed by atoms with Crippen LogP contribution < -0.4 is 10.3 Å². The lowest BCUT2D eigenvalue weighted by Crippen LogP contribution is -2.18. The van der Waals surface area contributed by atoms with E-state index in [9.17, 15) is 14.4 Å². The second-order valence-corrected chi connectivity index (χ2v) is 6.84. The molecule has 33 heavy (non-hydrogen) atoms. The number of nitrogens with zero attached hydrogens (tertiary/aromatic N) is 2. The third-order valence-electron chi connectivity index (χ3n) is 4.39. The third-order valence-corrected chi connectivity index (χ3v) is 4.39. The molecule has 4 aromatic rings. The zero-order valence-electron chi connectivity index (χ0n) is 18.7. The summed E-state index contributed by atoms with van der Waals surface area (Å²) in [6.45, 7) is 3.14. The maximum absolute atomic E-state index is 11.6. The van der Waals surface area contributed by atoms with Gasteiger partial charge in [-0.1, -0.05) is 66.7 Å². The summed E-state index contributed by atoms with van der Waals surface area (Å²) in [5.41, 5.74) is 1.85. The molecule has 3 aromatic carbocycles. The Morgan fingerprint density at radius 1 is 0.818 bits per heavy atom. The van der Waals surface area contributed by atoms with Crippen molar-refractivity contribution in [3.8, 4) is 11.4 Å². The molecule has 0 aliphatic heterocycles. The molecule has 1 aromatic heterocycles. The van der Waals surface area contributed by atoms with E-state index in [1.165, 1.54) is 19.1 Å². The highest BCUT2D eigenvalue weighted by Crippen LogP contribution is 2.17. The maximum atomic E-state index is 11.6. The van der Waals surface area contributed by atoms with Gasteiger partial charge in [-0.2, -0.15) is 0 Å². The molecule has 7 heteroatoms. The van der Waals surface area contributed by atoms with Crippen LogP contribution in [0.25, 0.3) is 5.69 Å². The molecule has 0 saturated carbocycles. The first-order valence-electron chi connectivity index (χ1n) is 10.1. The number of carbonyl (C=O) groups is 2. The van der Waals surface area contributed by atoms with Crippen LogP contribution in [-0.2, 0) is 11.8 Å². The van der Waals surface area contributed by atoms with E-state index >= 15 is 0 Å². The van der Waals surface area contributed by atoms with Gasteiger partial charge in [0.2, 0.25) is 0 Å². The van der Waals surface area contributed by atoms with Gasteiger partial charge in [0.15, 0.2) is 0 Å². The smallest absolute Gasteiger partial charge is 0.339 e. The van der Waals surface area contributed by atoms with Crippen LogP contribution in [-0.4, -0.2) is 26.4 Å². The third kappa shape index (κ3) is 7.66. The molecule has 0 radical (unpaired) electrons. The van der Waals surface area contributed by atoms with Crippen LogP contribution in [0, 0.1) is 6.92 Å². The second-order valence-electron chi connectivity index (χ2n) is 6.84. The molecule has 4 rings (SSSR count). The van der Waals surface area contributed by atoms with E-state index < -0.39 is 11.9 Å². The van der Waals surface area contributed by atoms with Crippen molar-refractivity contribution in [2.75, 3.05) is 0 Å². The molecule has 0 unspecified atom stereocenters. The fraction of sp³-hybridized carbons (Fsp3) is 0.115. The van der Waals surface area contributed by atoms with E-state index in [1.54, 1.807) is 22.9 Å². The lowest BCUT2D eigenvalue weighted by atomic mass is 10.2. The molecule has 0 bridgehead atoms. The van der Waals surface area contributed by atoms with Crippen LogP contribution >= 0.6 is 0 Å². The van der Waals surface area contributed by atoms with E-state index in [0.29, 0.717) is 0 Å². The molecule has 7 nitrogen and oxygen atoms in total. The molecule has 0 amide bonds. The van der Waals surface area contributed by atoms with Gasteiger partial charge in [-0.25, -0.2) is 9.48 Å². The number of aromatic carboxylic acids is 1. The SMILES string of the molecule is CC(=O)Oc1ccccc1C(=O)O.Cc1cc(=O)n(-c2ccccc2)n1C.c1ccccc1. The molecular weight excluding hydrogens is 420 g/mol. The standard InChI is InChI=1S/C11H12N2O.C9H8O4.C6H6/c1-9-8-11(14)13(12(9)2)10-6-4-3-5-7-10;1-6(10)13-8-5-3-2-4-7(8)9(11)12;1-2-4-6-5-3-1/h3-8H,1-2H3;2-5H,1H3,(H,11,12);1-6H. The van der Waals surface area contributed by atoms with Gasteiger partial charge in [-0.3, -0.25) is 14.3 Å². The number of hydrogen-bond acceptors (Lipinski definition) is 4. The predicted molar refractivity (Wildman–Crippen MR) is 127 cm³/mol. The second kappa shape index (κ2) is 12.5. The molecule has 170 valence electrons. The Labute approximate surface area is 192 Å². The summed E-state index contributed by atoms with van der Waals surface area (Å²) in [4.78, 5) is 32.8. The van der Waals surface area contributed by atoms with Gasteiger partial charge in [0, 0.05) is 25.7 Å². The highest BCUT2D eigenvalue weighted by molar-refractivity contribution is 5.91. The molecule has 0 atom stereocenters. The van der Waals surface area contributed by atoms with Gasteiger partial charge in [0.05, 0.1) is 5.69 Å². The van der Waals surface area contributed by atoms with Crippen molar-refractivity contribution in [1.82, 2.24) is 9.36 Å². The predicted octanol–water partition coefficient (Wildman–Crippen LogP) is 4.48. The first kappa shape index (κ1) is 24.9. The Balaban J connectivity index is 0.000000188. The number of carbonyl (C=O) groups excluding carboxylic acids is 1. The summed E-state index contributed by atoms with van der Waals surface area (Å²) in [6, 6.07) is 29.2. The molecular formula is C26H26N2O5. The summed E-state index contributed by atoms with van der Waals surface area (Å²) in [7, 11) is 1.88. The van der Waals surface area contributed by atoms with Gasteiger partial charge in [0.25, 0.3) is 5.56 Å². The Kier molecular flexibility index (Phi) is 9.39. The Morgan fingerprint density at radius 3 is 1.76 bits per heavy atom. The van der Waals surface area contributed by atoms with E-state index in [1.807, 2.05) is 85.4 Å². The van der Waals surface area contributed by atoms with Crippen LogP contribution in [0.3, 0.4) is 0 Å². The fourth-order valence-corrected chi connectivity index (χ4v) is 2.78. The lowest BCUT2D eigenvalue weighted by Gasteiger charge is -2.07.